The molecule has 2 atom stereocenters. The molecule has 6 nitrogen and oxygen atoms in total. The zero-order chi connectivity index (χ0) is 17.6. The monoisotopic (exact) mass is 410 g/mol. The van der Waals surface area contributed by atoms with Gasteiger partial charge in [0, 0.05) is 23.4 Å². The van der Waals surface area contributed by atoms with Crippen molar-refractivity contribution in [1.29, 1.82) is 0 Å². The van der Waals surface area contributed by atoms with Crippen molar-refractivity contribution in [1.82, 2.24) is 4.98 Å². The first kappa shape index (κ1) is 22.9. The van der Waals surface area contributed by atoms with Gasteiger partial charge >= 0.3 is 0 Å². The van der Waals surface area contributed by atoms with Gasteiger partial charge in [0.05, 0.1) is 0 Å². The molecule has 27 heavy (non-hydrogen) atoms. The predicted octanol–water partition coefficient (Wildman–Crippen LogP) is 3.49. The minimum absolute atomic E-state index is 0. The van der Waals surface area contributed by atoms with E-state index in [1.54, 1.807) is 48.7 Å². The van der Waals surface area contributed by atoms with Crippen LogP contribution in [0.4, 0.5) is 11.5 Å². The number of nitrogens with one attached hydrogen (secondary N) is 2. The molecule has 1 saturated carbocycles. The number of nitrogens with zero attached hydrogens (tertiary/aromatic N) is 1. The van der Waals surface area contributed by atoms with Crippen molar-refractivity contribution < 1.29 is 9.59 Å². The Kier molecular flexibility index (Phi) is 9.21. The molecule has 1 aliphatic rings. The van der Waals surface area contributed by atoms with Gasteiger partial charge in [-0.05, 0) is 55.6 Å². The van der Waals surface area contributed by atoms with E-state index in [2.05, 4.69) is 15.6 Å². The fraction of sp³-hybridized carbons (Fsp3) is 0.316. The van der Waals surface area contributed by atoms with Gasteiger partial charge in [-0.1, -0.05) is 18.6 Å². The van der Waals surface area contributed by atoms with Gasteiger partial charge in [-0.3, -0.25) is 9.59 Å². The Morgan fingerprint density at radius 1 is 1.07 bits per heavy atom. The van der Waals surface area contributed by atoms with Crippen LogP contribution in [0, 0.1) is 11.8 Å². The third-order valence-corrected chi connectivity index (χ3v) is 4.60. The highest BCUT2D eigenvalue weighted by molar-refractivity contribution is 6.05. The molecule has 0 spiro atoms. The number of halogens is 2. The zero-order valence-corrected chi connectivity index (χ0v) is 16.4. The Morgan fingerprint density at radius 2 is 1.89 bits per heavy atom. The molecule has 3 rings (SSSR count). The lowest BCUT2D eigenvalue weighted by Gasteiger charge is -2.17. The van der Waals surface area contributed by atoms with E-state index in [1.807, 2.05) is 0 Å². The second-order valence-electron chi connectivity index (χ2n) is 6.27. The molecule has 0 saturated heterocycles. The number of carbonyl (C=O) groups excluding carboxylic acids is 2. The second-order valence-corrected chi connectivity index (χ2v) is 6.27. The third-order valence-electron chi connectivity index (χ3n) is 4.60. The van der Waals surface area contributed by atoms with Crippen molar-refractivity contribution in [3.63, 3.8) is 0 Å². The number of benzene rings is 1. The molecule has 0 aliphatic heterocycles. The van der Waals surface area contributed by atoms with E-state index in [1.165, 1.54) is 0 Å². The molecule has 146 valence electrons. The van der Waals surface area contributed by atoms with Crippen molar-refractivity contribution in [2.45, 2.75) is 19.3 Å². The number of hydrogen-bond donors (Lipinski definition) is 3. The summed E-state index contributed by atoms with van der Waals surface area (Å²) in [5, 5.41) is 5.65. The van der Waals surface area contributed by atoms with Crippen molar-refractivity contribution in [2.24, 2.45) is 17.6 Å². The van der Waals surface area contributed by atoms with Crippen molar-refractivity contribution in [3.8, 4) is 0 Å². The summed E-state index contributed by atoms with van der Waals surface area (Å²) in [6, 6.07) is 12.2. The molecular formula is C19H24Cl2N4O2. The van der Waals surface area contributed by atoms with Crippen LogP contribution >= 0.6 is 24.8 Å². The van der Waals surface area contributed by atoms with Gasteiger partial charge in [-0.15, -0.1) is 24.8 Å². The molecule has 1 aromatic carbocycles. The molecule has 2 amide bonds. The molecule has 1 heterocycles. The highest BCUT2D eigenvalue weighted by Gasteiger charge is 2.31. The Balaban J connectivity index is 0.00000182. The van der Waals surface area contributed by atoms with Gasteiger partial charge in [0.25, 0.3) is 5.91 Å². The smallest absolute Gasteiger partial charge is 0.256 e. The maximum atomic E-state index is 12.5. The largest absolute Gasteiger partial charge is 0.330 e. The Morgan fingerprint density at radius 3 is 2.59 bits per heavy atom. The highest BCUT2D eigenvalue weighted by atomic mass is 35.5. The molecule has 8 heteroatoms. The first-order chi connectivity index (χ1) is 12.2. The van der Waals surface area contributed by atoms with Crippen LogP contribution in [0.2, 0.25) is 0 Å². The first-order valence-corrected chi connectivity index (χ1v) is 8.51. The normalized spacial score (nSPS) is 18.0. The number of pyridine rings is 1. The Labute approximate surface area is 171 Å². The number of rotatable bonds is 5. The number of hydrogen-bond acceptors (Lipinski definition) is 4. The average Bonchev–Trinajstić information content (AvgIpc) is 3.12. The molecule has 1 aromatic heterocycles. The van der Waals surface area contributed by atoms with E-state index < -0.39 is 0 Å². The third kappa shape index (κ3) is 5.92. The summed E-state index contributed by atoms with van der Waals surface area (Å²) in [5.41, 5.74) is 6.83. The summed E-state index contributed by atoms with van der Waals surface area (Å²) in [6.07, 6.45) is 4.52. The van der Waals surface area contributed by atoms with E-state index in [4.69, 9.17) is 5.73 Å². The molecule has 0 unspecified atom stereocenters. The van der Waals surface area contributed by atoms with E-state index in [9.17, 15) is 9.59 Å². The van der Waals surface area contributed by atoms with Crippen LogP contribution in [0.15, 0.2) is 48.7 Å². The standard InChI is InChI=1S/C19H22N4O2.2ClH/c20-12-14-6-4-8-16(14)19(25)22-15-7-3-5-13(11-15)18(24)23-17-9-1-2-10-21-17;;/h1-3,5,7,9-11,14,16H,4,6,8,12,20H2,(H,22,25)(H,21,23,24);2*1H/t14-,16-;;/m1../s1. The maximum Gasteiger partial charge on any atom is 0.256 e. The molecule has 1 aliphatic carbocycles. The molecule has 0 bridgehead atoms. The van der Waals surface area contributed by atoms with E-state index >= 15 is 0 Å². The maximum absolute atomic E-state index is 12.5. The molecule has 1 fully saturated rings. The van der Waals surface area contributed by atoms with Crippen LogP contribution in [0.3, 0.4) is 0 Å². The minimum atomic E-state index is -0.268. The van der Waals surface area contributed by atoms with Crippen LogP contribution in [0.1, 0.15) is 29.6 Å². The van der Waals surface area contributed by atoms with Crippen molar-refractivity contribution in [2.75, 3.05) is 17.2 Å². The van der Waals surface area contributed by atoms with E-state index in [-0.39, 0.29) is 48.5 Å². The number of carbonyl (C=O) groups is 2. The van der Waals surface area contributed by atoms with Gasteiger partial charge < -0.3 is 16.4 Å². The highest BCUT2D eigenvalue weighted by Crippen LogP contribution is 2.31. The summed E-state index contributed by atoms with van der Waals surface area (Å²) in [4.78, 5) is 28.9. The first-order valence-electron chi connectivity index (χ1n) is 8.51. The summed E-state index contributed by atoms with van der Waals surface area (Å²) in [5.74, 6) is 0.399. The van der Waals surface area contributed by atoms with Crippen LogP contribution in [0.5, 0.6) is 0 Å². The zero-order valence-electron chi connectivity index (χ0n) is 14.8. The number of aromatic nitrogens is 1. The molecule has 0 radical (unpaired) electrons. The molecule has 2 aromatic rings. The van der Waals surface area contributed by atoms with Crippen LogP contribution in [-0.4, -0.2) is 23.3 Å². The quantitative estimate of drug-likeness (QED) is 0.702. The summed E-state index contributed by atoms with van der Waals surface area (Å²) in [7, 11) is 0. The second kappa shape index (κ2) is 10.9. The fourth-order valence-electron chi connectivity index (χ4n) is 3.26. The van der Waals surface area contributed by atoms with E-state index in [0.29, 0.717) is 23.6 Å². The fourth-order valence-corrected chi connectivity index (χ4v) is 3.26. The lowest BCUT2D eigenvalue weighted by molar-refractivity contribution is -0.120. The number of anilines is 2. The Hall–Kier alpha value is -2.15. The van der Waals surface area contributed by atoms with Gasteiger partial charge in [0.2, 0.25) is 5.91 Å². The summed E-state index contributed by atoms with van der Waals surface area (Å²) < 4.78 is 0. The lowest BCUT2D eigenvalue weighted by Crippen LogP contribution is -2.29. The Bertz CT molecular complexity index is 758. The van der Waals surface area contributed by atoms with Crippen LogP contribution in [-0.2, 0) is 4.79 Å². The van der Waals surface area contributed by atoms with E-state index in [0.717, 1.165) is 19.3 Å². The van der Waals surface area contributed by atoms with Gasteiger partial charge in [-0.25, -0.2) is 4.98 Å². The van der Waals surface area contributed by atoms with Crippen LogP contribution < -0.4 is 16.4 Å². The predicted molar refractivity (Wildman–Crippen MR) is 112 cm³/mol. The molecule has 4 N–H and O–H groups in total. The topological polar surface area (TPSA) is 97.1 Å². The molecular weight excluding hydrogens is 387 g/mol. The van der Waals surface area contributed by atoms with Crippen molar-refractivity contribution >= 4 is 48.1 Å². The number of nitrogens with two attached hydrogens (primary N) is 1. The summed E-state index contributed by atoms with van der Waals surface area (Å²) >= 11 is 0. The van der Waals surface area contributed by atoms with Crippen LogP contribution in [0.25, 0.3) is 0 Å². The average molecular weight is 411 g/mol. The van der Waals surface area contributed by atoms with Crippen molar-refractivity contribution in [3.05, 3.63) is 54.2 Å². The number of amides is 2. The van der Waals surface area contributed by atoms with Gasteiger partial charge in [0.1, 0.15) is 5.82 Å². The van der Waals surface area contributed by atoms with Gasteiger partial charge in [0.15, 0.2) is 0 Å². The summed E-state index contributed by atoms with van der Waals surface area (Å²) in [6.45, 7) is 0.532. The lowest BCUT2D eigenvalue weighted by atomic mass is 9.95. The minimum Gasteiger partial charge on any atom is -0.330 e. The SMILES string of the molecule is Cl.Cl.NC[C@H]1CCC[C@H]1C(=O)Nc1cccc(C(=O)Nc2ccccn2)c1. The van der Waals surface area contributed by atoms with Gasteiger partial charge in [-0.2, -0.15) is 0 Å².